The Hall–Kier alpha value is -2.77. The first kappa shape index (κ1) is 12.9. The van der Waals surface area contributed by atoms with E-state index in [1.54, 1.807) is 6.33 Å². The predicted molar refractivity (Wildman–Crippen MR) is 73.0 cm³/mol. The van der Waals surface area contributed by atoms with Crippen molar-refractivity contribution in [1.82, 2.24) is 20.2 Å². The number of benzene rings is 1. The molecule has 22 heavy (non-hydrogen) atoms. The number of hydrogen-bond donors (Lipinski definition) is 1. The molecule has 0 bridgehead atoms. The molecule has 2 aromatic heterocycles. The highest BCUT2D eigenvalue weighted by molar-refractivity contribution is 5.55. The smallest absolute Gasteiger partial charge is 0.318 e. The highest BCUT2D eigenvalue weighted by Crippen LogP contribution is 2.28. The minimum absolute atomic E-state index is 0.166. The molecule has 3 aromatic rings. The van der Waals surface area contributed by atoms with Crippen LogP contribution in [0.2, 0.25) is 0 Å². The van der Waals surface area contributed by atoms with Gasteiger partial charge in [-0.05, 0) is 12.1 Å². The van der Waals surface area contributed by atoms with Gasteiger partial charge in [-0.1, -0.05) is 11.2 Å². The Morgan fingerprint density at radius 3 is 2.82 bits per heavy atom. The first-order chi connectivity index (χ1) is 10.7. The third-order valence-corrected chi connectivity index (χ3v) is 3.64. The van der Waals surface area contributed by atoms with Gasteiger partial charge in [0.05, 0.1) is 24.3 Å². The maximum atomic E-state index is 13.7. The number of aromatic amines is 1. The minimum atomic E-state index is -0.732. The van der Waals surface area contributed by atoms with E-state index in [9.17, 15) is 8.78 Å². The van der Waals surface area contributed by atoms with Crippen molar-refractivity contribution in [2.45, 2.75) is 13.0 Å². The molecule has 0 atom stereocenters. The molecule has 0 fully saturated rings. The molecule has 0 radical (unpaired) electrons. The van der Waals surface area contributed by atoms with Crippen LogP contribution in [-0.4, -0.2) is 26.7 Å². The van der Waals surface area contributed by atoms with Crippen molar-refractivity contribution in [1.29, 1.82) is 0 Å². The first-order valence-electron chi connectivity index (χ1n) is 6.76. The van der Waals surface area contributed by atoms with E-state index in [2.05, 4.69) is 20.2 Å². The second-order valence-corrected chi connectivity index (χ2v) is 4.99. The average Bonchev–Trinajstić information content (AvgIpc) is 3.15. The molecule has 0 spiro atoms. The lowest BCUT2D eigenvalue weighted by Crippen LogP contribution is -2.30. The molecule has 1 aliphatic heterocycles. The monoisotopic (exact) mass is 303 g/mol. The SMILES string of the molecule is Fc1cccc(F)c1-c1nnc(N2CCc3nc[nH]c3C2)o1. The van der Waals surface area contributed by atoms with Crippen LogP contribution in [0.3, 0.4) is 0 Å². The molecule has 1 N–H and O–H groups in total. The van der Waals surface area contributed by atoms with Crippen molar-refractivity contribution in [3.63, 3.8) is 0 Å². The molecular formula is C14H11F2N5O. The van der Waals surface area contributed by atoms with Gasteiger partial charge in [-0.15, -0.1) is 5.10 Å². The molecule has 0 saturated heterocycles. The number of halogens is 2. The van der Waals surface area contributed by atoms with Crippen molar-refractivity contribution in [3.05, 3.63) is 47.5 Å². The molecule has 1 aliphatic rings. The Bertz CT molecular complexity index is 808. The standard InChI is InChI=1S/C14H11F2N5O/c15-8-2-1-3-9(16)12(8)13-19-20-14(22-13)21-5-4-10-11(6-21)18-7-17-10/h1-3,7H,4-6H2,(H,17,18). The molecule has 0 aliphatic carbocycles. The maximum Gasteiger partial charge on any atom is 0.318 e. The number of rotatable bonds is 2. The van der Waals surface area contributed by atoms with E-state index in [0.29, 0.717) is 13.1 Å². The molecule has 8 heteroatoms. The van der Waals surface area contributed by atoms with Crippen LogP contribution >= 0.6 is 0 Å². The van der Waals surface area contributed by atoms with E-state index in [4.69, 9.17) is 4.42 Å². The molecule has 112 valence electrons. The lowest BCUT2D eigenvalue weighted by atomic mass is 10.1. The predicted octanol–water partition coefficient (Wildman–Crippen LogP) is 2.30. The largest absolute Gasteiger partial charge is 0.403 e. The zero-order chi connectivity index (χ0) is 15.1. The van der Waals surface area contributed by atoms with Gasteiger partial charge in [-0.3, -0.25) is 0 Å². The fourth-order valence-corrected chi connectivity index (χ4v) is 2.52. The van der Waals surface area contributed by atoms with Gasteiger partial charge in [0, 0.05) is 13.0 Å². The topological polar surface area (TPSA) is 70.8 Å². The van der Waals surface area contributed by atoms with Crippen LogP contribution in [0.4, 0.5) is 14.8 Å². The fourth-order valence-electron chi connectivity index (χ4n) is 2.52. The molecule has 4 rings (SSSR count). The van der Waals surface area contributed by atoms with E-state index in [1.165, 1.54) is 6.07 Å². The number of nitrogens with zero attached hydrogens (tertiary/aromatic N) is 4. The third kappa shape index (κ3) is 2.03. The van der Waals surface area contributed by atoms with E-state index >= 15 is 0 Å². The number of imidazole rings is 1. The molecular weight excluding hydrogens is 292 g/mol. The highest BCUT2D eigenvalue weighted by Gasteiger charge is 2.24. The van der Waals surface area contributed by atoms with Crippen LogP contribution in [0.5, 0.6) is 0 Å². The van der Waals surface area contributed by atoms with Gasteiger partial charge in [0.2, 0.25) is 0 Å². The van der Waals surface area contributed by atoms with E-state index in [0.717, 1.165) is 29.9 Å². The van der Waals surface area contributed by atoms with Gasteiger partial charge in [-0.25, -0.2) is 13.8 Å². The van der Waals surface area contributed by atoms with Gasteiger partial charge in [-0.2, -0.15) is 0 Å². The first-order valence-corrected chi connectivity index (χ1v) is 6.76. The van der Waals surface area contributed by atoms with Crippen LogP contribution in [0.15, 0.2) is 28.9 Å². The van der Waals surface area contributed by atoms with Gasteiger partial charge in [0.1, 0.15) is 17.2 Å². The molecule has 0 unspecified atom stereocenters. The maximum absolute atomic E-state index is 13.7. The summed E-state index contributed by atoms with van der Waals surface area (Å²) in [6, 6.07) is 3.83. The lowest BCUT2D eigenvalue weighted by molar-refractivity contribution is 0.517. The van der Waals surface area contributed by atoms with Crippen LogP contribution in [0.25, 0.3) is 11.5 Å². The van der Waals surface area contributed by atoms with Crippen LogP contribution in [-0.2, 0) is 13.0 Å². The molecule has 0 saturated carbocycles. The quantitative estimate of drug-likeness (QED) is 0.786. The fraction of sp³-hybridized carbons (Fsp3) is 0.214. The summed E-state index contributed by atoms with van der Waals surface area (Å²) >= 11 is 0. The number of hydrogen-bond acceptors (Lipinski definition) is 5. The lowest BCUT2D eigenvalue weighted by Gasteiger charge is -2.23. The number of anilines is 1. The molecule has 6 nitrogen and oxygen atoms in total. The van der Waals surface area contributed by atoms with Crippen LogP contribution in [0.1, 0.15) is 11.4 Å². The van der Waals surface area contributed by atoms with Crippen molar-refractivity contribution in [2.24, 2.45) is 0 Å². The minimum Gasteiger partial charge on any atom is -0.403 e. The van der Waals surface area contributed by atoms with Crippen molar-refractivity contribution >= 4 is 6.01 Å². The molecule has 3 heterocycles. The van der Waals surface area contributed by atoms with Gasteiger partial charge >= 0.3 is 6.01 Å². The Morgan fingerprint density at radius 1 is 1.18 bits per heavy atom. The summed E-state index contributed by atoms with van der Waals surface area (Å²) in [5.41, 5.74) is 1.68. The van der Waals surface area contributed by atoms with Gasteiger partial charge in [0.25, 0.3) is 5.89 Å². The van der Waals surface area contributed by atoms with Crippen molar-refractivity contribution in [2.75, 3.05) is 11.4 Å². The highest BCUT2D eigenvalue weighted by atomic mass is 19.1. The number of fused-ring (bicyclic) bond motifs is 1. The Kier molecular flexibility index (Phi) is 2.88. The zero-order valence-corrected chi connectivity index (χ0v) is 11.4. The van der Waals surface area contributed by atoms with Gasteiger partial charge in [0.15, 0.2) is 0 Å². The van der Waals surface area contributed by atoms with E-state index in [1.807, 2.05) is 4.90 Å². The van der Waals surface area contributed by atoms with E-state index < -0.39 is 11.6 Å². The van der Waals surface area contributed by atoms with Crippen molar-refractivity contribution in [3.8, 4) is 11.5 Å². The Labute approximate surface area is 123 Å². The number of aromatic nitrogens is 4. The Balaban J connectivity index is 1.65. The van der Waals surface area contributed by atoms with Crippen LogP contribution < -0.4 is 4.90 Å². The number of nitrogens with one attached hydrogen (secondary N) is 1. The van der Waals surface area contributed by atoms with Crippen molar-refractivity contribution < 1.29 is 13.2 Å². The second kappa shape index (κ2) is 4.90. The van der Waals surface area contributed by atoms with E-state index in [-0.39, 0.29) is 17.5 Å². The van der Waals surface area contributed by atoms with Gasteiger partial charge < -0.3 is 14.3 Å². The molecule has 0 amide bonds. The Morgan fingerprint density at radius 2 is 2.00 bits per heavy atom. The zero-order valence-electron chi connectivity index (χ0n) is 11.4. The number of H-pyrrole nitrogens is 1. The normalized spacial score (nSPS) is 14.2. The second-order valence-electron chi connectivity index (χ2n) is 4.99. The summed E-state index contributed by atoms with van der Waals surface area (Å²) in [5, 5.41) is 7.66. The molecule has 1 aromatic carbocycles. The third-order valence-electron chi connectivity index (χ3n) is 3.64. The summed E-state index contributed by atoms with van der Waals surface area (Å²) < 4.78 is 32.9. The summed E-state index contributed by atoms with van der Waals surface area (Å²) in [6.45, 7) is 1.19. The summed E-state index contributed by atoms with van der Waals surface area (Å²) in [7, 11) is 0. The summed E-state index contributed by atoms with van der Waals surface area (Å²) in [5.74, 6) is -1.63. The summed E-state index contributed by atoms with van der Waals surface area (Å²) in [6.07, 6.45) is 2.38. The summed E-state index contributed by atoms with van der Waals surface area (Å²) in [4.78, 5) is 9.11. The average molecular weight is 303 g/mol. The van der Waals surface area contributed by atoms with Crippen LogP contribution in [0, 0.1) is 11.6 Å².